The topological polar surface area (TPSA) is 78.5 Å². The molecule has 1 aliphatic heterocycles. The van der Waals surface area contributed by atoms with Crippen LogP contribution in [0, 0.1) is 0 Å². The van der Waals surface area contributed by atoms with Crippen LogP contribution in [0.5, 0.6) is 0 Å². The fourth-order valence-electron chi connectivity index (χ4n) is 1.82. The van der Waals surface area contributed by atoms with Gasteiger partial charge >= 0.3 is 0 Å². The van der Waals surface area contributed by atoms with Crippen LogP contribution in [0.2, 0.25) is 0 Å². The minimum absolute atomic E-state index is 0.130. The summed E-state index contributed by atoms with van der Waals surface area (Å²) >= 11 is 0. The highest BCUT2D eigenvalue weighted by molar-refractivity contribution is 6.13. The van der Waals surface area contributed by atoms with Crippen molar-refractivity contribution in [3.8, 4) is 0 Å². The molecule has 0 atom stereocenters. The van der Waals surface area contributed by atoms with E-state index in [4.69, 9.17) is 0 Å². The zero-order chi connectivity index (χ0) is 15.0. The summed E-state index contributed by atoms with van der Waals surface area (Å²) < 4.78 is 0. The van der Waals surface area contributed by atoms with E-state index in [1.807, 2.05) is 0 Å². The molecule has 0 aromatic heterocycles. The summed E-state index contributed by atoms with van der Waals surface area (Å²) in [5.74, 6) is -0.820. The van der Waals surface area contributed by atoms with Crippen LogP contribution < -0.4 is 10.6 Å². The summed E-state index contributed by atoms with van der Waals surface area (Å²) in [7, 11) is 0. The molecule has 0 unspecified atom stereocenters. The van der Waals surface area contributed by atoms with E-state index in [9.17, 15) is 14.4 Å². The smallest absolute Gasteiger partial charge is 0.253 e. The summed E-state index contributed by atoms with van der Waals surface area (Å²) in [5.41, 5.74) is 0. The fraction of sp³-hybridized carbons (Fsp3) is 0.643. The van der Waals surface area contributed by atoms with Gasteiger partial charge in [-0.2, -0.15) is 0 Å². The van der Waals surface area contributed by atoms with Crippen molar-refractivity contribution in [2.75, 3.05) is 19.6 Å². The second-order valence-electron chi connectivity index (χ2n) is 5.08. The molecule has 20 heavy (non-hydrogen) atoms. The van der Waals surface area contributed by atoms with Gasteiger partial charge in [-0.1, -0.05) is 13.8 Å². The predicted octanol–water partition coefficient (Wildman–Crippen LogP) is 0.196. The molecule has 2 N–H and O–H groups in total. The van der Waals surface area contributed by atoms with E-state index in [-0.39, 0.29) is 30.7 Å². The number of nitrogens with one attached hydrogen (secondary N) is 2. The summed E-state index contributed by atoms with van der Waals surface area (Å²) in [6, 6.07) is 0.480. The monoisotopic (exact) mass is 281 g/mol. The number of nitrogens with zero attached hydrogens (tertiary/aromatic N) is 1. The Balaban J connectivity index is 2.04. The molecule has 3 amide bonds. The van der Waals surface area contributed by atoms with Gasteiger partial charge in [0.2, 0.25) is 5.91 Å². The van der Waals surface area contributed by atoms with E-state index < -0.39 is 0 Å². The van der Waals surface area contributed by atoms with Crippen LogP contribution in [0.1, 0.15) is 33.1 Å². The van der Waals surface area contributed by atoms with Crippen LogP contribution >= 0.6 is 0 Å². The van der Waals surface area contributed by atoms with Crippen molar-refractivity contribution in [2.45, 2.75) is 39.2 Å². The van der Waals surface area contributed by atoms with Gasteiger partial charge in [0.1, 0.15) is 0 Å². The molecule has 0 bridgehead atoms. The maximum atomic E-state index is 11.6. The van der Waals surface area contributed by atoms with Crippen LogP contribution in [0.15, 0.2) is 12.2 Å². The predicted molar refractivity (Wildman–Crippen MR) is 75.9 cm³/mol. The summed E-state index contributed by atoms with van der Waals surface area (Å²) in [6.07, 6.45) is 4.52. The summed E-state index contributed by atoms with van der Waals surface area (Å²) in [5, 5.41) is 6.09. The van der Waals surface area contributed by atoms with Crippen molar-refractivity contribution >= 4 is 17.7 Å². The number of imide groups is 1. The molecule has 1 rings (SSSR count). The molecule has 1 aliphatic rings. The minimum atomic E-state index is -0.345. The Labute approximate surface area is 119 Å². The lowest BCUT2D eigenvalue weighted by Crippen LogP contribution is -2.35. The first kappa shape index (κ1) is 16.4. The Morgan fingerprint density at radius 3 is 2.35 bits per heavy atom. The number of hydrogen-bond acceptors (Lipinski definition) is 4. The van der Waals surface area contributed by atoms with Crippen LogP contribution in [-0.2, 0) is 14.4 Å². The van der Waals surface area contributed by atoms with Crippen molar-refractivity contribution in [1.82, 2.24) is 15.5 Å². The van der Waals surface area contributed by atoms with Gasteiger partial charge in [0.05, 0.1) is 0 Å². The number of unbranched alkanes of at least 4 members (excludes halogenated alkanes) is 1. The Kier molecular flexibility index (Phi) is 6.93. The fourth-order valence-corrected chi connectivity index (χ4v) is 1.82. The number of carbonyl (C=O) groups is 3. The molecular formula is C14H23N3O3. The average Bonchev–Trinajstić information content (AvgIpc) is 2.70. The van der Waals surface area contributed by atoms with Crippen molar-refractivity contribution in [3.63, 3.8) is 0 Å². The van der Waals surface area contributed by atoms with Crippen molar-refractivity contribution in [1.29, 1.82) is 0 Å². The van der Waals surface area contributed by atoms with Crippen molar-refractivity contribution in [2.24, 2.45) is 0 Å². The first-order chi connectivity index (χ1) is 9.50. The third-order valence-electron chi connectivity index (χ3n) is 2.94. The molecule has 6 heteroatoms. The van der Waals surface area contributed by atoms with E-state index in [2.05, 4.69) is 24.5 Å². The number of carbonyl (C=O) groups excluding carboxylic acids is 3. The van der Waals surface area contributed by atoms with Gasteiger partial charge in [-0.3, -0.25) is 19.3 Å². The number of amides is 3. The molecule has 0 spiro atoms. The standard InChI is InChI=1S/C14H23N3O3/c1-11(2)15-8-3-4-9-16-12(18)7-10-17-13(19)5-6-14(17)20/h5-6,11,15H,3-4,7-10H2,1-2H3,(H,16,18). The third kappa shape index (κ3) is 5.97. The molecule has 0 saturated heterocycles. The average molecular weight is 281 g/mol. The molecule has 0 saturated carbocycles. The zero-order valence-corrected chi connectivity index (χ0v) is 12.1. The van der Waals surface area contributed by atoms with E-state index in [1.54, 1.807) is 0 Å². The lowest BCUT2D eigenvalue weighted by molar-refractivity contribution is -0.137. The first-order valence-corrected chi connectivity index (χ1v) is 7.04. The van der Waals surface area contributed by atoms with Crippen LogP contribution in [0.3, 0.4) is 0 Å². The van der Waals surface area contributed by atoms with Gasteiger partial charge in [-0.05, 0) is 19.4 Å². The molecule has 6 nitrogen and oxygen atoms in total. The largest absolute Gasteiger partial charge is 0.356 e. The van der Waals surface area contributed by atoms with E-state index >= 15 is 0 Å². The number of rotatable bonds is 9. The maximum absolute atomic E-state index is 11.6. The normalized spacial score (nSPS) is 14.4. The Morgan fingerprint density at radius 2 is 1.75 bits per heavy atom. The molecular weight excluding hydrogens is 258 g/mol. The molecule has 0 fully saturated rings. The Morgan fingerprint density at radius 1 is 1.15 bits per heavy atom. The molecule has 0 aromatic rings. The second-order valence-corrected chi connectivity index (χ2v) is 5.08. The molecule has 112 valence electrons. The minimum Gasteiger partial charge on any atom is -0.356 e. The first-order valence-electron chi connectivity index (χ1n) is 7.04. The Hall–Kier alpha value is -1.69. The van der Waals surface area contributed by atoms with Gasteiger partial charge < -0.3 is 10.6 Å². The highest BCUT2D eigenvalue weighted by Crippen LogP contribution is 2.03. The molecule has 0 radical (unpaired) electrons. The third-order valence-corrected chi connectivity index (χ3v) is 2.94. The number of hydrogen-bond donors (Lipinski definition) is 2. The van der Waals surface area contributed by atoms with Crippen molar-refractivity contribution < 1.29 is 14.4 Å². The molecule has 1 heterocycles. The zero-order valence-electron chi connectivity index (χ0n) is 12.1. The van der Waals surface area contributed by atoms with E-state index in [0.29, 0.717) is 12.6 Å². The van der Waals surface area contributed by atoms with Crippen molar-refractivity contribution in [3.05, 3.63) is 12.2 Å². The van der Waals surface area contributed by atoms with Gasteiger partial charge in [-0.25, -0.2) is 0 Å². The van der Waals surface area contributed by atoms with Gasteiger partial charge in [-0.15, -0.1) is 0 Å². The highest BCUT2D eigenvalue weighted by atomic mass is 16.2. The van der Waals surface area contributed by atoms with E-state index in [1.165, 1.54) is 12.2 Å². The van der Waals surface area contributed by atoms with Crippen LogP contribution in [0.4, 0.5) is 0 Å². The van der Waals surface area contributed by atoms with Crippen LogP contribution in [-0.4, -0.2) is 48.3 Å². The SMILES string of the molecule is CC(C)NCCCCNC(=O)CCN1C(=O)C=CC1=O. The lowest BCUT2D eigenvalue weighted by atomic mass is 10.2. The van der Waals surface area contributed by atoms with Gasteiger partial charge in [0, 0.05) is 37.7 Å². The quantitative estimate of drug-likeness (QED) is 0.467. The van der Waals surface area contributed by atoms with Gasteiger partial charge in [0.25, 0.3) is 11.8 Å². The summed E-state index contributed by atoms with van der Waals surface area (Å²) in [4.78, 5) is 35.2. The molecule has 0 aliphatic carbocycles. The highest BCUT2D eigenvalue weighted by Gasteiger charge is 2.23. The van der Waals surface area contributed by atoms with Crippen LogP contribution in [0.25, 0.3) is 0 Å². The summed E-state index contributed by atoms with van der Waals surface area (Å²) in [6.45, 7) is 5.90. The lowest BCUT2D eigenvalue weighted by Gasteiger charge is -2.13. The van der Waals surface area contributed by atoms with E-state index in [0.717, 1.165) is 24.3 Å². The van der Waals surface area contributed by atoms with Gasteiger partial charge in [0.15, 0.2) is 0 Å². The maximum Gasteiger partial charge on any atom is 0.253 e. The Bertz CT molecular complexity index is 373. The second kappa shape index (κ2) is 8.47. The molecule has 0 aromatic carbocycles.